The van der Waals surface area contributed by atoms with Gasteiger partial charge in [0, 0.05) is 12.7 Å². The Balaban J connectivity index is 2.74. The van der Waals surface area contributed by atoms with E-state index in [1.165, 1.54) is 12.3 Å². The predicted molar refractivity (Wildman–Crippen MR) is 67.9 cm³/mol. The quantitative estimate of drug-likeness (QED) is 0.853. The summed E-state index contributed by atoms with van der Waals surface area (Å²) in [5, 5.41) is -0.103. The third-order valence-electron chi connectivity index (χ3n) is 2.22. The largest absolute Gasteiger partial charge is 0.396 e. The van der Waals surface area contributed by atoms with Crippen LogP contribution in [0, 0.1) is 5.41 Å². The van der Waals surface area contributed by atoms with E-state index in [0.717, 1.165) is 6.42 Å². The highest BCUT2D eigenvalue weighted by Crippen LogP contribution is 2.18. The molecule has 1 rings (SSSR count). The monoisotopic (exact) mass is 257 g/mol. The molecule has 0 saturated carbocycles. The van der Waals surface area contributed by atoms with Crippen molar-refractivity contribution in [2.75, 3.05) is 12.3 Å². The molecule has 0 radical (unpaired) electrons. The second-order valence-corrected chi connectivity index (χ2v) is 6.79. The van der Waals surface area contributed by atoms with E-state index in [1.807, 2.05) is 0 Å². The summed E-state index contributed by atoms with van der Waals surface area (Å²) in [6.07, 6.45) is 2.16. The maximum Gasteiger partial charge on any atom is 0.260 e. The first kappa shape index (κ1) is 13.9. The number of aromatic nitrogens is 1. The van der Waals surface area contributed by atoms with Crippen LogP contribution < -0.4 is 10.5 Å². The van der Waals surface area contributed by atoms with Crippen LogP contribution in [-0.2, 0) is 10.0 Å². The Kier molecular flexibility index (Phi) is 4.11. The zero-order valence-electron chi connectivity index (χ0n) is 10.4. The molecule has 96 valence electrons. The Morgan fingerprint density at radius 2 is 2.06 bits per heavy atom. The summed E-state index contributed by atoms with van der Waals surface area (Å²) in [5.41, 5.74) is 5.83. The average Bonchev–Trinajstić information content (AvgIpc) is 2.15. The van der Waals surface area contributed by atoms with Crippen LogP contribution in [-0.4, -0.2) is 19.9 Å². The summed E-state index contributed by atoms with van der Waals surface area (Å²) in [6, 6.07) is 3.12. The highest BCUT2D eigenvalue weighted by Gasteiger charge is 2.19. The molecule has 0 aliphatic rings. The summed E-state index contributed by atoms with van der Waals surface area (Å²) in [5.74, 6) is 0. The van der Waals surface area contributed by atoms with Gasteiger partial charge in [0.2, 0.25) is 0 Å². The van der Waals surface area contributed by atoms with Crippen LogP contribution in [0.25, 0.3) is 0 Å². The summed E-state index contributed by atoms with van der Waals surface area (Å²) in [4.78, 5) is 3.79. The summed E-state index contributed by atoms with van der Waals surface area (Å²) in [7, 11) is -3.60. The van der Waals surface area contributed by atoms with Crippen molar-refractivity contribution in [1.82, 2.24) is 9.71 Å². The first-order valence-corrected chi connectivity index (χ1v) is 6.91. The van der Waals surface area contributed by atoms with Crippen LogP contribution in [0.5, 0.6) is 0 Å². The van der Waals surface area contributed by atoms with Crippen molar-refractivity contribution in [3.05, 3.63) is 18.3 Å². The molecule has 0 fully saturated rings. The van der Waals surface area contributed by atoms with Crippen LogP contribution in [0.3, 0.4) is 0 Å². The van der Waals surface area contributed by atoms with E-state index in [1.54, 1.807) is 6.07 Å². The number of rotatable bonds is 4. The standard InChI is InChI=1S/C11H19N3O2S/c1-11(2,3)6-8-14-17(15,16)10-9(12)5-4-7-13-10/h4-5,7,14H,6,8,12H2,1-3H3. The van der Waals surface area contributed by atoms with E-state index in [0.29, 0.717) is 6.54 Å². The molecule has 3 N–H and O–H groups in total. The molecule has 6 heteroatoms. The lowest BCUT2D eigenvalue weighted by atomic mass is 9.93. The van der Waals surface area contributed by atoms with Gasteiger partial charge in [0.1, 0.15) is 0 Å². The third-order valence-corrected chi connectivity index (χ3v) is 3.66. The number of hydrogen-bond acceptors (Lipinski definition) is 4. The second-order valence-electron chi connectivity index (χ2n) is 5.11. The zero-order valence-corrected chi connectivity index (χ0v) is 11.2. The van der Waals surface area contributed by atoms with Gasteiger partial charge in [-0.05, 0) is 24.0 Å². The van der Waals surface area contributed by atoms with Crippen molar-refractivity contribution in [3.63, 3.8) is 0 Å². The number of hydrogen-bond donors (Lipinski definition) is 2. The lowest BCUT2D eigenvalue weighted by Gasteiger charge is -2.18. The molecule has 0 aromatic carbocycles. The fourth-order valence-electron chi connectivity index (χ4n) is 1.26. The molecule has 1 heterocycles. The molecule has 5 nitrogen and oxygen atoms in total. The molecule has 0 unspecified atom stereocenters. The van der Waals surface area contributed by atoms with Crippen LogP contribution in [0.15, 0.2) is 23.4 Å². The predicted octanol–water partition coefficient (Wildman–Crippen LogP) is 1.38. The lowest BCUT2D eigenvalue weighted by molar-refractivity contribution is 0.378. The fourth-order valence-corrected chi connectivity index (χ4v) is 2.34. The average molecular weight is 257 g/mol. The number of nitrogen functional groups attached to an aromatic ring is 1. The smallest absolute Gasteiger partial charge is 0.260 e. The Bertz CT molecular complexity index is 478. The molecule has 17 heavy (non-hydrogen) atoms. The van der Waals surface area contributed by atoms with E-state index in [-0.39, 0.29) is 16.1 Å². The van der Waals surface area contributed by atoms with Crippen LogP contribution in [0.2, 0.25) is 0 Å². The van der Waals surface area contributed by atoms with Crippen molar-refractivity contribution >= 4 is 15.7 Å². The van der Waals surface area contributed by atoms with Crippen molar-refractivity contribution in [2.45, 2.75) is 32.2 Å². The first-order chi connectivity index (χ1) is 7.72. The van der Waals surface area contributed by atoms with Gasteiger partial charge < -0.3 is 5.73 Å². The molecule has 1 aromatic heterocycles. The molecule has 0 spiro atoms. The molecule has 1 aromatic rings. The fraction of sp³-hybridized carbons (Fsp3) is 0.545. The van der Waals surface area contributed by atoms with Gasteiger partial charge in [-0.3, -0.25) is 0 Å². The SMILES string of the molecule is CC(C)(C)CCNS(=O)(=O)c1ncccc1N. The minimum atomic E-state index is -3.60. The van der Waals surface area contributed by atoms with E-state index >= 15 is 0 Å². The van der Waals surface area contributed by atoms with E-state index in [9.17, 15) is 8.42 Å². The van der Waals surface area contributed by atoms with Gasteiger partial charge in [-0.1, -0.05) is 20.8 Å². The highest BCUT2D eigenvalue weighted by atomic mass is 32.2. The normalized spacial score (nSPS) is 12.6. The first-order valence-electron chi connectivity index (χ1n) is 5.42. The summed E-state index contributed by atoms with van der Waals surface area (Å²) < 4.78 is 26.3. The molecule has 0 bridgehead atoms. The van der Waals surface area contributed by atoms with Gasteiger partial charge in [0.15, 0.2) is 5.03 Å². The van der Waals surface area contributed by atoms with Crippen molar-refractivity contribution < 1.29 is 8.42 Å². The number of nitrogens with zero attached hydrogens (tertiary/aromatic N) is 1. The molecule has 0 amide bonds. The molecule has 0 saturated heterocycles. The zero-order chi connectivity index (χ0) is 13.1. The van der Waals surface area contributed by atoms with Gasteiger partial charge >= 0.3 is 0 Å². The van der Waals surface area contributed by atoms with Crippen LogP contribution in [0.1, 0.15) is 27.2 Å². The Labute approximate surface area is 102 Å². The minimum absolute atomic E-state index is 0.0815. The number of pyridine rings is 1. The van der Waals surface area contributed by atoms with Crippen LogP contribution >= 0.6 is 0 Å². The molecule has 0 aliphatic heterocycles. The molecular weight excluding hydrogens is 238 g/mol. The number of sulfonamides is 1. The Hall–Kier alpha value is -1.14. The molecule has 0 atom stereocenters. The molecular formula is C11H19N3O2S. The van der Waals surface area contributed by atoms with Crippen molar-refractivity contribution in [2.24, 2.45) is 5.41 Å². The maximum absolute atomic E-state index is 11.9. The second kappa shape index (κ2) is 5.01. The summed E-state index contributed by atoms with van der Waals surface area (Å²) >= 11 is 0. The van der Waals surface area contributed by atoms with Crippen molar-refractivity contribution in [3.8, 4) is 0 Å². The van der Waals surface area contributed by atoms with E-state index in [4.69, 9.17) is 5.73 Å². The number of nitrogens with two attached hydrogens (primary N) is 1. The van der Waals surface area contributed by atoms with Gasteiger partial charge in [0.25, 0.3) is 10.0 Å². The topological polar surface area (TPSA) is 85.1 Å². The Morgan fingerprint density at radius 1 is 1.41 bits per heavy atom. The van der Waals surface area contributed by atoms with Gasteiger partial charge in [-0.25, -0.2) is 18.1 Å². The van der Waals surface area contributed by atoms with Gasteiger partial charge in [0.05, 0.1) is 5.69 Å². The molecule has 0 aliphatic carbocycles. The lowest BCUT2D eigenvalue weighted by Crippen LogP contribution is -2.28. The third kappa shape index (κ3) is 4.32. The van der Waals surface area contributed by atoms with Gasteiger partial charge in [-0.15, -0.1) is 0 Å². The van der Waals surface area contributed by atoms with Crippen molar-refractivity contribution in [1.29, 1.82) is 0 Å². The minimum Gasteiger partial charge on any atom is -0.396 e. The number of nitrogens with one attached hydrogen (secondary N) is 1. The van der Waals surface area contributed by atoms with E-state index in [2.05, 4.69) is 30.5 Å². The van der Waals surface area contributed by atoms with Gasteiger partial charge in [-0.2, -0.15) is 0 Å². The number of anilines is 1. The van der Waals surface area contributed by atoms with Crippen LogP contribution in [0.4, 0.5) is 5.69 Å². The highest BCUT2D eigenvalue weighted by molar-refractivity contribution is 7.89. The maximum atomic E-state index is 11.9. The van der Waals surface area contributed by atoms with E-state index < -0.39 is 10.0 Å². The summed E-state index contributed by atoms with van der Waals surface area (Å²) in [6.45, 7) is 6.53. The Morgan fingerprint density at radius 3 is 2.59 bits per heavy atom.